The molecule has 28 heavy (non-hydrogen) atoms. The lowest BCUT2D eigenvalue weighted by atomic mass is 10.1. The maximum Gasteiger partial charge on any atom is 0.251 e. The first-order valence-electron chi connectivity index (χ1n) is 9.45. The molecule has 1 aromatic carbocycles. The van der Waals surface area contributed by atoms with Gasteiger partial charge in [-0.2, -0.15) is 0 Å². The van der Waals surface area contributed by atoms with Crippen molar-refractivity contribution in [2.45, 2.75) is 32.7 Å². The molecule has 0 aliphatic rings. The second kappa shape index (κ2) is 13.5. The van der Waals surface area contributed by atoms with Gasteiger partial charge in [-0.1, -0.05) is 31.5 Å². The minimum absolute atomic E-state index is 0. The van der Waals surface area contributed by atoms with Crippen LogP contribution >= 0.6 is 35.3 Å². The molecule has 7 heteroatoms. The number of nitrogens with zero attached hydrogens (tertiary/aromatic N) is 2. The summed E-state index contributed by atoms with van der Waals surface area (Å²) in [5.41, 5.74) is 1.82. The second-order valence-electron chi connectivity index (χ2n) is 6.46. The van der Waals surface area contributed by atoms with Gasteiger partial charge < -0.3 is 15.5 Å². The van der Waals surface area contributed by atoms with Crippen LogP contribution in [-0.2, 0) is 13.0 Å². The van der Waals surface area contributed by atoms with E-state index >= 15 is 0 Å². The van der Waals surface area contributed by atoms with Gasteiger partial charge in [0.05, 0.1) is 0 Å². The van der Waals surface area contributed by atoms with E-state index in [0.29, 0.717) is 12.1 Å². The molecule has 0 unspecified atom stereocenters. The zero-order chi connectivity index (χ0) is 19.5. The zero-order valence-corrected chi connectivity index (χ0v) is 20.1. The predicted molar refractivity (Wildman–Crippen MR) is 130 cm³/mol. The van der Waals surface area contributed by atoms with Crippen molar-refractivity contribution >= 4 is 47.2 Å². The molecule has 1 heterocycles. The molecule has 0 spiro atoms. The highest BCUT2D eigenvalue weighted by molar-refractivity contribution is 14.0. The van der Waals surface area contributed by atoms with E-state index in [4.69, 9.17) is 0 Å². The molecule has 1 aromatic heterocycles. The topological polar surface area (TPSA) is 56.7 Å². The normalized spacial score (nSPS) is 10.9. The summed E-state index contributed by atoms with van der Waals surface area (Å²) in [6, 6.07) is 12.0. The van der Waals surface area contributed by atoms with E-state index in [-0.39, 0.29) is 29.9 Å². The maximum absolute atomic E-state index is 12.1. The van der Waals surface area contributed by atoms with Crippen LogP contribution in [0.3, 0.4) is 0 Å². The summed E-state index contributed by atoms with van der Waals surface area (Å²) in [4.78, 5) is 19.9. The van der Waals surface area contributed by atoms with Gasteiger partial charge in [0.15, 0.2) is 5.96 Å². The third kappa shape index (κ3) is 8.18. The Morgan fingerprint density at radius 2 is 1.93 bits per heavy atom. The number of benzene rings is 1. The van der Waals surface area contributed by atoms with Crippen LogP contribution in [0.5, 0.6) is 0 Å². The molecule has 0 atom stereocenters. The Labute approximate surface area is 189 Å². The number of carbonyl (C=O) groups is 1. The number of likely N-dealkylation sites (N-methyl/N-ethyl adjacent to an activating group) is 1. The highest BCUT2D eigenvalue weighted by Crippen LogP contribution is 2.09. The zero-order valence-electron chi connectivity index (χ0n) is 16.9. The molecule has 0 aliphatic carbocycles. The monoisotopic (exact) mass is 514 g/mol. The summed E-state index contributed by atoms with van der Waals surface area (Å²) in [5, 5.41) is 8.43. The van der Waals surface area contributed by atoms with Crippen LogP contribution in [-0.4, -0.2) is 44.0 Å². The average molecular weight is 514 g/mol. The Hall–Kier alpha value is -1.61. The van der Waals surface area contributed by atoms with Crippen molar-refractivity contribution in [3.63, 3.8) is 0 Å². The molecule has 0 fully saturated rings. The lowest BCUT2D eigenvalue weighted by molar-refractivity contribution is 0.0953. The minimum Gasteiger partial charge on any atom is -0.352 e. The first-order valence-corrected chi connectivity index (χ1v) is 10.3. The molecule has 0 saturated carbocycles. The van der Waals surface area contributed by atoms with E-state index in [1.807, 2.05) is 31.3 Å². The molecular weight excluding hydrogens is 483 g/mol. The molecule has 0 radical (unpaired) electrons. The Morgan fingerprint density at radius 1 is 1.18 bits per heavy atom. The van der Waals surface area contributed by atoms with E-state index < -0.39 is 0 Å². The third-order valence-corrected chi connectivity index (χ3v) is 5.27. The van der Waals surface area contributed by atoms with E-state index in [1.165, 1.54) is 4.88 Å². The van der Waals surface area contributed by atoms with Crippen LogP contribution < -0.4 is 10.6 Å². The van der Waals surface area contributed by atoms with Crippen LogP contribution in [0.1, 0.15) is 40.6 Å². The predicted octanol–water partition coefficient (Wildman–Crippen LogP) is 4.15. The van der Waals surface area contributed by atoms with Gasteiger partial charge in [-0.05, 0) is 42.0 Å². The number of nitrogens with one attached hydrogen (secondary N) is 2. The number of hydrogen-bond donors (Lipinski definition) is 2. The first-order chi connectivity index (χ1) is 13.1. The molecule has 2 aromatic rings. The Bertz CT molecular complexity index is 717. The number of carbonyl (C=O) groups excluding carboxylic acids is 1. The average Bonchev–Trinajstić information content (AvgIpc) is 3.21. The molecule has 1 amide bonds. The van der Waals surface area contributed by atoms with E-state index in [2.05, 4.69) is 45.0 Å². The van der Waals surface area contributed by atoms with Crippen LogP contribution in [0.15, 0.2) is 46.8 Å². The fourth-order valence-electron chi connectivity index (χ4n) is 2.66. The highest BCUT2D eigenvalue weighted by Gasteiger charge is 2.08. The maximum atomic E-state index is 12.1. The molecule has 2 N–H and O–H groups in total. The fourth-order valence-corrected chi connectivity index (χ4v) is 3.36. The van der Waals surface area contributed by atoms with Gasteiger partial charge in [0.25, 0.3) is 5.91 Å². The van der Waals surface area contributed by atoms with Crippen molar-refractivity contribution in [3.8, 4) is 0 Å². The lowest BCUT2D eigenvalue weighted by Gasteiger charge is -2.22. The molecule has 0 bridgehead atoms. The summed E-state index contributed by atoms with van der Waals surface area (Å²) < 4.78 is 0. The van der Waals surface area contributed by atoms with Crippen LogP contribution in [0.4, 0.5) is 0 Å². The SMILES string of the molecule is CCCCNC(=O)c1ccc(CNC(=NC)N(C)CCc2cccs2)cc1.I. The van der Waals surface area contributed by atoms with E-state index in [0.717, 1.165) is 43.9 Å². The Kier molecular flexibility index (Phi) is 11.8. The van der Waals surface area contributed by atoms with Crippen molar-refractivity contribution in [1.82, 2.24) is 15.5 Å². The van der Waals surface area contributed by atoms with Crippen molar-refractivity contribution in [1.29, 1.82) is 0 Å². The summed E-state index contributed by atoms with van der Waals surface area (Å²) >= 11 is 1.78. The Morgan fingerprint density at radius 3 is 2.54 bits per heavy atom. The molecular formula is C21H31IN4OS. The number of guanidine groups is 1. The smallest absolute Gasteiger partial charge is 0.251 e. The number of hydrogen-bond acceptors (Lipinski definition) is 3. The number of unbranched alkanes of at least 4 members (excludes halogenated alkanes) is 1. The summed E-state index contributed by atoms with van der Waals surface area (Å²) in [6.07, 6.45) is 3.09. The highest BCUT2D eigenvalue weighted by atomic mass is 127. The van der Waals surface area contributed by atoms with Gasteiger partial charge >= 0.3 is 0 Å². The largest absolute Gasteiger partial charge is 0.352 e. The quantitative estimate of drug-likeness (QED) is 0.229. The minimum atomic E-state index is -0.00733. The van der Waals surface area contributed by atoms with Gasteiger partial charge in [0, 0.05) is 44.2 Å². The third-order valence-electron chi connectivity index (χ3n) is 4.33. The summed E-state index contributed by atoms with van der Waals surface area (Å²) in [7, 11) is 3.85. The number of rotatable bonds is 9. The Balaban J connectivity index is 0.00000392. The van der Waals surface area contributed by atoms with Crippen LogP contribution in [0.2, 0.25) is 0 Å². The molecule has 154 valence electrons. The van der Waals surface area contributed by atoms with Crippen molar-refractivity contribution < 1.29 is 4.79 Å². The van der Waals surface area contributed by atoms with Crippen molar-refractivity contribution in [2.75, 3.05) is 27.2 Å². The van der Waals surface area contributed by atoms with Crippen molar-refractivity contribution in [2.24, 2.45) is 4.99 Å². The molecule has 0 aliphatic heterocycles. The van der Waals surface area contributed by atoms with Gasteiger partial charge in [-0.25, -0.2) is 0 Å². The standard InChI is InChI=1S/C21H30N4OS.HI/c1-4-5-13-23-20(26)18-10-8-17(9-11-18)16-24-21(22-2)25(3)14-12-19-7-6-15-27-19;/h6-11,15H,4-5,12-14,16H2,1-3H3,(H,22,24)(H,23,26);1H. The number of amides is 1. The van der Waals surface area contributed by atoms with E-state index in [1.54, 1.807) is 18.4 Å². The van der Waals surface area contributed by atoms with E-state index in [9.17, 15) is 4.79 Å². The summed E-state index contributed by atoms with van der Waals surface area (Å²) in [6.45, 7) is 4.43. The van der Waals surface area contributed by atoms with Gasteiger partial charge in [0.1, 0.15) is 0 Å². The van der Waals surface area contributed by atoms with Gasteiger partial charge in [-0.15, -0.1) is 35.3 Å². The number of halogens is 1. The first kappa shape index (κ1) is 24.4. The number of aliphatic imine (C=N–C) groups is 1. The van der Waals surface area contributed by atoms with Crippen molar-refractivity contribution in [3.05, 3.63) is 57.8 Å². The molecule has 2 rings (SSSR count). The van der Waals surface area contributed by atoms with Gasteiger partial charge in [-0.3, -0.25) is 9.79 Å². The van der Waals surface area contributed by atoms with Crippen LogP contribution in [0.25, 0.3) is 0 Å². The number of thiophene rings is 1. The molecule has 5 nitrogen and oxygen atoms in total. The van der Waals surface area contributed by atoms with Gasteiger partial charge in [0.2, 0.25) is 0 Å². The fraction of sp³-hybridized carbons (Fsp3) is 0.429. The lowest BCUT2D eigenvalue weighted by Crippen LogP contribution is -2.39. The second-order valence-corrected chi connectivity index (χ2v) is 7.49. The molecule has 0 saturated heterocycles. The van der Waals surface area contributed by atoms with Crippen LogP contribution in [0, 0.1) is 0 Å². The summed E-state index contributed by atoms with van der Waals surface area (Å²) in [5.74, 6) is 0.861.